The number of nitrogens with zero attached hydrogens (tertiary/aromatic N) is 1. The van der Waals surface area contributed by atoms with E-state index in [1.165, 1.54) is 0 Å². The molecular weight excluding hydrogens is 240 g/mol. The number of benzene rings is 1. The molecule has 2 amide bonds. The van der Waals surface area contributed by atoms with Crippen molar-refractivity contribution in [3.8, 4) is 0 Å². The number of aryl methyl sites for hydroxylation is 2. The van der Waals surface area contributed by atoms with E-state index in [9.17, 15) is 9.59 Å². The number of rotatable bonds is 2. The van der Waals surface area contributed by atoms with E-state index < -0.39 is 0 Å². The fourth-order valence-corrected chi connectivity index (χ4v) is 2.48. The van der Waals surface area contributed by atoms with Crippen LogP contribution in [0.4, 0.5) is 0 Å². The first-order valence-corrected chi connectivity index (χ1v) is 6.70. The van der Waals surface area contributed by atoms with E-state index >= 15 is 0 Å². The van der Waals surface area contributed by atoms with Crippen LogP contribution in [0.1, 0.15) is 34.8 Å². The highest BCUT2D eigenvalue weighted by atomic mass is 16.2. The molecule has 0 bridgehead atoms. The summed E-state index contributed by atoms with van der Waals surface area (Å²) in [5.41, 5.74) is 2.72. The normalized spacial score (nSPS) is 19.2. The predicted octanol–water partition coefficient (Wildman–Crippen LogP) is 1.65. The van der Waals surface area contributed by atoms with Crippen LogP contribution in [0, 0.1) is 13.8 Å². The third-order valence-electron chi connectivity index (χ3n) is 3.60. The Kier molecular flexibility index (Phi) is 3.88. The molecular formula is C15H20N2O2. The van der Waals surface area contributed by atoms with Crippen molar-refractivity contribution in [3.05, 3.63) is 34.9 Å². The maximum atomic E-state index is 12.6. The number of nitrogens with one attached hydrogen (secondary N) is 1. The molecule has 1 saturated heterocycles. The Balaban J connectivity index is 2.32. The van der Waals surface area contributed by atoms with Crippen molar-refractivity contribution in [1.82, 2.24) is 10.2 Å². The summed E-state index contributed by atoms with van der Waals surface area (Å²) in [6.45, 7) is 6.94. The minimum Gasteiger partial charge on any atom is -0.353 e. The Bertz CT molecular complexity index is 511. The summed E-state index contributed by atoms with van der Waals surface area (Å²) in [6, 6.07) is 5.50. The second-order valence-electron chi connectivity index (χ2n) is 5.03. The largest absolute Gasteiger partial charge is 0.353 e. The molecule has 4 heteroatoms. The molecule has 0 spiro atoms. The first-order valence-electron chi connectivity index (χ1n) is 6.70. The van der Waals surface area contributed by atoms with Gasteiger partial charge in [0.05, 0.1) is 0 Å². The molecule has 0 aliphatic carbocycles. The standard InChI is InChI=1S/C15H20N2O2/c1-4-13-14(18)16-7-8-17(13)15(19)12-9-10(2)5-6-11(12)3/h5-6,9,13H,4,7-8H2,1-3H3,(H,16,18). The highest BCUT2D eigenvalue weighted by Crippen LogP contribution is 2.17. The average Bonchev–Trinajstić information content (AvgIpc) is 2.40. The van der Waals surface area contributed by atoms with Gasteiger partial charge in [0.2, 0.25) is 5.91 Å². The average molecular weight is 260 g/mol. The summed E-state index contributed by atoms with van der Waals surface area (Å²) in [5, 5.41) is 2.81. The monoisotopic (exact) mass is 260 g/mol. The van der Waals surface area contributed by atoms with Gasteiger partial charge in [0.1, 0.15) is 6.04 Å². The van der Waals surface area contributed by atoms with Gasteiger partial charge in [-0.05, 0) is 31.9 Å². The molecule has 2 rings (SSSR count). The minimum absolute atomic E-state index is 0.0390. The van der Waals surface area contributed by atoms with E-state index in [-0.39, 0.29) is 17.9 Å². The number of carbonyl (C=O) groups excluding carboxylic acids is 2. The molecule has 1 atom stereocenters. The maximum Gasteiger partial charge on any atom is 0.254 e. The molecule has 102 valence electrons. The predicted molar refractivity (Wildman–Crippen MR) is 74.0 cm³/mol. The van der Waals surface area contributed by atoms with Crippen molar-refractivity contribution in [2.75, 3.05) is 13.1 Å². The quantitative estimate of drug-likeness (QED) is 0.879. The van der Waals surface area contributed by atoms with E-state index in [2.05, 4.69) is 5.32 Å². The number of hydrogen-bond donors (Lipinski definition) is 1. The zero-order valence-electron chi connectivity index (χ0n) is 11.7. The summed E-state index contributed by atoms with van der Waals surface area (Å²) in [6.07, 6.45) is 0.641. The summed E-state index contributed by atoms with van der Waals surface area (Å²) in [5.74, 6) is -0.0877. The summed E-state index contributed by atoms with van der Waals surface area (Å²) < 4.78 is 0. The number of hydrogen-bond acceptors (Lipinski definition) is 2. The Morgan fingerprint density at radius 2 is 2.16 bits per heavy atom. The van der Waals surface area contributed by atoms with Crippen molar-refractivity contribution in [3.63, 3.8) is 0 Å². The lowest BCUT2D eigenvalue weighted by atomic mass is 10.0. The molecule has 1 aromatic carbocycles. The lowest BCUT2D eigenvalue weighted by molar-refractivity contribution is -0.127. The maximum absolute atomic E-state index is 12.6. The second kappa shape index (κ2) is 5.43. The van der Waals surface area contributed by atoms with Crippen LogP contribution in [0.3, 0.4) is 0 Å². The smallest absolute Gasteiger partial charge is 0.254 e. The van der Waals surface area contributed by atoms with Gasteiger partial charge in [-0.1, -0.05) is 24.6 Å². The van der Waals surface area contributed by atoms with Gasteiger partial charge in [-0.2, -0.15) is 0 Å². The van der Waals surface area contributed by atoms with E-state index in [1.807, 2.05) is 39.0 Å². The Morgan fingerprint density at radius 1 is 1.42 bits per heavy atom. The lowest BCUT2D eigenvalue weighted by Gasteiger charge is -2.34. The molecule has 1 aliphatic rings. The molecule has 4 nitrogen and oxygen atoms in total. The van der Waals surface area contributed by atoms with Crippen molar-refractivity contribution in [2.45, 2.75) is 33.2 Å². The van der Waals surface area contributed by atoms with Crippen LogP contribution in [0.5, 0.6) is 0 Å². The SMILES string of the molecule is CCC1C(=O)NCCN1C(=O)c1cc(C)ccc1C. The lowest BCUT2D eigenvalue weighted by Crippen LogP contribution is -2.57. The van der Waals surface area contributed by atoms with Gasteiger partial charge in [-0.15, -0.1) is 0 Å². The molecule has 1 heterocycles. The van der Waals surface area contributed by atoms with Crippen molar-refractivity contribution >= 4 is 11.8 Å². The molecule has 1 fully saturated rings. The zero-order chi connectivity index (χ0) is 14.0. The van der Waals surface area contributed by atoms with Crippen molar-refractivity contribution < 1.29 is 9.59 Å². The molecule has 0 aromatic heterocycles. The van der Waals surface area contributed by atoms with Crippen LogP contribution in [0.15, 0.2) is 18.2 Å². The topological polar surface area (TPSA) is 49.4 Å². The van der Waals surface area contributed by atoms with Gasteiger partial charge in [0, 0.05) is 18.7 Å². The van der Waals surface area contributed by atoms with Crippen LogP contribution in [0.25, 0.3) is 0 Å². The van der Waals surface area contributed by atoms with Crippen LogP contribution in [0.2, 0.25) is 0 Å². The fourth-order valence-electron chi connectivity index (χ4n) is 2.48. The van der Waals surface area contributed by atoms with Gasteiger partial charge >= 0.3 is 0 Å². The first-order chi connectivity index (χ1) is 9.04. The van der Waals surface area contributed by atoms with E-state index in [4.69, 9.17) is 0 Å². The van der Waals surface area contributed by atoms with Crippen LogP contribution in [-0.4, -0.2) is 35.8 Å². The molecule has 1 unspecified atom stereocenters. The Morgan fingerprint density at radius 3 is 2.84 bits per heavy atom. The molecule has 1 N–H and O–H groups in total. The summed E-state index contributed by atoms with van der Waals surface area (Å²) >= 11 is 0. The third-order valence-corrected chi connectivity index (χ3v) is 3.60. The summed E-state index contributed by atoms with van der Waals surface area (Å²) in [7, 11) is 0. The highest BCUT2D eigenvalue weighted by molar-refractivity contribution is 5.99. The van der Waals surface area contributed by atoms with Crippen molar-refractivity contribution in [1.29, 1.82) is 0 Å². The second-order valence-corrected chi connectivity index (χ2v) is 5.03. The third kappa shape index (κ3) is 2.62. The van der Waals surface area contributed by atoms with E-state index in [0.717, 1.165) is 11.1 Å². The van der Waals surface area contributed by atoms with E-state index in [0.29, 0.717) is 25.1 Å². The highest BCUT2D eigenvalue weighted by Gasteiger charge is 2.32. The molecule has 19 heavy (non-hydrogen) atoms. The van der Waals surface area contributed by atoms with Crippen LogP contribution >= 0.6 is 0 Å². The zero-order valence-corrected chi connectivity index (χ0v) is 11.7. The minimum atomic E-state index is -0.346. The molecule has 0 radical (unpaired) electrons. The van der Waals surface area contributed by atoms with Crippen LogP contribution < -0.4 is 5.32 Å². The number of piperazine rings is 1. The molecule has 1 aromatic rings. The molecule has 1 aliphatic heterocycles. The van der Waals surface area contributed by atoms with Gasteiger partial charge in [0.25, 0.3) is 5.91 Å². The first kappa shape index (κ1) is 13.6. The summed E-state index contributed by atoms with van der Waals surface area (Å²) in [4.78, 5) is 26.1. The van der Waals surface area contributed by atoms with Crippen molar-refractivity contribution in [2.24, 2.45) is 0 Å². The van der Waals surface area contributed by atoms with Gasteiger partial charge < -0.3 is 10.2 Å². The van der Waals surface area contributed by atoms with E-state index in [1.54, 1.807) is 4.90 Å². The van der Waals surface area contributed by atoms with Crippen LogP contribution in [-0.2, 0) is 4.79 Å². The number of amides is 2. The van der Waals surface area contributed by atoms with Gasteiger partial charge in [-0.3, -0.25) is 9.59 Å². The number of carbonyl (C=O) groups is 2. The van der Waals surface area contributed by atoms with Gasteiger partial charge in [-0.25, -0.2) is 0 Å². The Labute approximate surface area is 113 Å². The Hall–Kier alpha value is -1.84. The molecule has 0 saturated carbocycles. The van der Waals surface area contributed by atoms with Gasteiger partial charge in [0.15, 0.2) is 0 Å². The fraction of sp³-hybridized carbons (Fsp3) is 0.467.